The molecule has 170 valence electrons. The molecule has 3 amide bonds. The Kier molecular flexibility index (Phi) is 7.46. The van der Waals surface area contributed by atoms with Gasteiger partial charge in [0.2, 0.25) is 0 Å². The Morgan fingerprint density at radius 2 is 1.21 bits per heavy atom. The molecule has 7 heteroatoms. The molecule has 0 heterocycles. The van der Waals surface area contributed by atoms with Crippen LogP contribution < -0.4 is 16.0 Å². The van der Waals surface area contributed by atoms with Gasteiger partial charge in [-0.05, 0) is 62.7 Å². The maximum Gasteiger partial charge on any atom is 0.412 e. The summed E-state index contributed by atoms with van der Waals surface area (Å²) in [5.74, 6) is -0.595. The smallest absolute Gasteiger partial charge is 0.412 e. The van der Waals surface area contributed by atoms with Gasteiger partial charge in [-0.1, -0.05) is 42.5 Å². The van der Waals surface area contributed by atoms with E-state index in [-0.39, 0.29) is 11.8 Å². The lowest BCUT2D eigenvalue weighted by Gasteiger charge is -2.20. The molecule has 0 aliphatic rings. The quantitative estimate of drug-likeness (QED) is 0.485. The lowest BCUT2D eigenvalue weighted by molar-refractivity contribution is 0.0635. The van der Waals surface area contributed by atoms with Gasteiger partial charge < -0.3 is 15.4 Å². The first-order valence-corrected chi connectivity index (χ1v) is 10.5. The van der Waals surface area contributed by atoms with Crippen LogP contribution in [0.5, 0.6) is 0 Å². The summed E-state index contributed by atoms with van der Waals surface area (Å²) in [7, 11) is 0. The van der Waals surface area contributed by atoms with Gasteiger partial charge in [0, 0.05) is 17.7 Å². The molecule has 0 saturated carbocycles. The Bertz CT molecular complexity index is 1120. The topological polar surface area (TPSA) is 96.5 Å². The molecule has 0 aromatic heterocycles. The van der Waals surface area contributed by atoms with Gasteiger partial charge in [0.05, 0.1) is 11.4 Å². The molecule has 0 aliphatic heterocycles. The Hall–Kier alpha value is -4.13. The van der Waals surface area contributed by atoms with E-state index in [9.17, 15) is 14.4 Å². The van der Waals surface area contributed by atoms with E-state index in [2.05, 4.69) is 16.0 Å². The first kappa shape index (κ1) is 23.5. The fraction of sp³-hybridized carbons (Fsp3) is 0.192. The highest BCUT2D eigenvalue weighted by Crippen LogP contribution is 2.23. The number of benzene rings is 3. The molecule has 0 bridgehead atoms. The van der Waals surface area contributed by atoms with Crippen molar-refractivity contribution < 1.29 is 19.1 Å². The second kappa shape index (κ2) is 10.5. The average Bonchev–Trinajstić information content (AvgIpc) is 2.78. The summed E-state index contributed by atoms with van der Waals surface area (Å²) < 4.78 is 5.27. The lowest BCUT2D eigenvalue weighted by Crippen LogP contribution is -2.27. The molecule has 33 heavy (non-hydrogen) atoms. The molecule has 7 nitrogen and oxygen atoms in total. The molecule has 3 aromatic rings. The number of para-hydroxylation sites is 2. The second-order valence-corrected chi connectivity index (χ2v) is 8.37. The van der Waals surface area contributed by atoms with Crippen LogP contribution in [0.3, 0.4) is 0 Å². The largest absolute Gasteiger partial charge is 0.444 e. The van der Waals surface area contributed by atoms with E-state index < -0.39 is 11.7 Å². The Labute approximate surface area is 193 Å². The minimum atomic E-state index is -0.641. The third-order valence-electron chi connectivity index (χ3n) is 4.52. The summed E-state index contributed by atoms with van der Waals surface area (Å²) in [6.45, 7) is 5.73. The molecule has 3 aromatic carbocycles. The highest BCUT2D eigenvalue weighted by molar-refractivity contribution is 6.07. The van der Waals surface area contributed by atoms with Gasteiger partial charge in [-0.25, -0.2) is 4.79 Å². The minimum absolute atomic E-state index is 0.224. The van der Waals surface area contributed by atoms with Crippen LogP contribution in [0.1, 0.15) is 47.1 Å². The number of carbonyl (C=O) groups is 3. The Morgan fingerprint density at radius 3 is 1.79 bits per heavy atom. The first-order chi connectivity index (χ1) is 15.7. The van der Waals surface area contributed by atoms with Crippen LogP contribution >= 0.6 is 0 Å². The van der Waals surface area contributed by atoms with Crippen LogP contribution in [-0.4, -0.2) is 23.5 Å². The maximum absolute atomic E-state index is 12.7. The molecule has 0 aliphatic carbocycles. The van der Waals surface area contributed by atoms with Crippen molar-refractivity contribution in [1.29, 1.82) is 0 Å². The highest BCUT2D eigenvalue weighted by Gasteiger charge is 2.18. The second-order valence-electron chi connectivity index (χ2n) is 8.37. The van der Waals surface area contributed by atoms with Gasteiger partial charge in [-0.15, -0.1) is 0 Å². The van der Waals surface area contributed by atoms with E-state index in [0.29, 0.717) is 29.0 Å². The molecular formula is C26H27N3O4. The fourth-order valence-corrected chi connectivity index (χ4v) is 2.96. The van der Waals surface area contributed by atoms with E-state index in [1.807, 2.05) is 30.3 Å². The fourth-order valence-electron chi connectivity index (χ4n) is 2.96. The van der Waals surface area contributed by atoms with Crippen molar-refractivity contribution in [1.82, 2.24) is 5.32 Å². The van der Waals surface area contributed by atoms with Gasteiger partial charge in [-0.2, -0.15) is 0 Å². The number of ether oxygens (including phenoxy) is 1. The predicted octanol–water partition coefficient (Wildman–Crippen LogP) is 5.22. The van der Waals surface area contributed by atoms with Crippen molar-refractivity contribution in [3.63, 3.8) is 0 Å². The van der Waals surface area contributed by atoms with E-state index in [4.69, 9.17) is 4.74 Å². The Morgan fingerprint density at radius 1 is 0.697 bits per heavy atom. The molecule has 3 N–H and O–H groups in total. The molecule has 0 radical (unpaired) electrons. The zero-order valence-electron chi connectivity index (χ0n) is 18.8. The molecule has 0 fully saturated rings. The van der Waals surface area contributed by atoms with Crippen LogP contribution in [0.4, 0.5) is 16.2 Å². The van der Waals surface area contributed by atoms with Gasteiger partial charge in [0.1, 0.15) is 5.60 Å². The summed E-state index contributed by atoms with van der Waals surface area (Å²) in [6, 6.07) is 22.8. The lowest BCUT2D eigenvalue weighted by atomic mass is 10.1. The molecule has 0 atom stereocenters. The van der Waals surface area contributed by atoms with Crippen LogP contribution in [0.15, 0.2) is 78.9 Å². The normalized spacial score (nSPS) is 10.8. The molecule has 0 unspecified atom stereocenters. The van der Waals surface area contributed by atoms with E-state index >= 15 is 0 Å². The summed E-state index contributed by atoms with van der Waals surface area (Å²) in [4.78, 5) is 37.2. The average molecular weight is 446 g/mol. The predicted molar refractivity (Wildman–Crippen MR) is 128 cm³/mol. The molecule has 0 spiro atoms. The van der Waals surface area contributed by atoms with Crippen LogP contribution in [0, 0.1) is 0 Å². The van der Waals surface area contributed by atoms with Crippen molar-refractivity contribution in [2.45, 2.75) is 32.9 Å². The first-order valence-electron chi connectivity index (χ1n) is 10.5. The maximum atomic E-state index is 12.7. The highest BCUT2D eigenvalue weighted by atomic mass is 16.6. The van der Waals surface area contributed by atoms with Gasteiger partial charge in [0.15, 0.2) is 0 Å². The monoisotopic (exact) mass is 445 g/mol. The number of rotatable bonds is 6. The summed E-state index contributed by atoms with van der Waals surface area (Å²) in [5, 5.41) is 8.28. The van der Waals surface area contributed by atoms with Crippen LogP contribution in [0.25, 0.3) is 0 Å². The van der Waals surface area contributed by atoms with E-state index in [1.165, 1.54) is 0 Å². The number of carbonyl (C=O) groups excluding carboxylic acids is 3. The summed E-state index contributed by atoms with van der Waals surface area (Å²) >= 11 is 0. The zero-order chi connectivity index (χ0) is 23.8. The van der Waals surface area contributed by atoms with Crippen LogP contribution in [-0.2, 0) is 11.3 Å². The summed E-state index contributed by atoms with van der Waals surface area (Å²) in [5.41, 5.74) is 2.03. The van der Waals surface area contributed by atoms with Crippen molar-refractivity contribution >= 4 is 29.3 Å². The van der Waals surface area contributed by atoms with E-state index in [1.54, 1.807) is 69.3 Å². The van der Waals surface area contributed by atoms with Crippen molar-refractivity contribution in [2.24, 2.45) is 0 Å². The van der Waals surface area contributed by atoms with Gasteiger partial charge in [-0.3, -0.25) is 14.9 Å². The van der Waals surface area contributed by atoms with Crippen molar-refractivity contribution in [3.8, 4) is 0 Å². The number of hydrogen-bond donors (Lipinski definition) is 3. The summed E-state index contributed by atoms with van der Waals surface area (Å²) in [6.07, 6.45) is -0.616. The third kappa shape index (κ3) is 7.21. The number of hydrogen-bond acceptors (Lipinski definition) is 4. The standard InChI is InChI=1S/C26H27N3O4/c1-26(2,3)33-25(32)29-22-12-8-7-11-21(22)28-24(31)20-15-13-19(14-16-20)23(30)27-17-18-9-5-4-6-10-18/h4-16H,17H2,1-3H3,(H,27,30)(H,28,31)(H,29,32). The SMILES string of the molecule is CC(C)(C)OC(=O)Nc1ccccc1NC(=O)c1ccc(C(=O)NCc2ccccc2)cc1. The number of amides is 3. The molecule has 3 rings (SSSR count). The van der Waals surface area contributed by atoms with Gasteiger partial charge in [0.25, 0.3) is 11.8 Å². The van der Waals surface area contributed by atoms with E-state index in [0.717, 1.165) is 5.56 Å². The third-order valence-corrected chi connectivity index (χ3v) is 4.52. The number of anilines is 2. The van der Waals surface area contributed by atoms with Crippen molar-refractivity contribution in [2.75, 3.05) is 10.6 Å². The van der Waals surface area contributed by atoms with Crippen LogP contribution in [0.2, 0.25) is 0 Å². The minimum Gasteiger partial charge on any atom is -0.444 e. The van der Waals surface area contributed by atoms with Gasteiger partial charge >= 0.3 is 6.09 Å². The Balaban J connectivity index is 1.62. The molecular weight excluding hydrogens is 418 g/mol. The van der Waals surface area contributed by atoms with Crippen molar-refractivity contribution in [3.05, 3.63) is 95.6 Å². The zero-order valence-corrected chi connectivity index (χ0v) is 18.8. The molecule has 0 saturated heterocycles. The number of nitrogens with one attached hydrogen (secondary N) is 3.